The van der Waals surface area contributed by atoms with Crippen molar-refractivity contribution in [3.63, 3.8) is 0 Å². The van der Waals surface area contributed by atoms with Crippen LogP contribution in [-0.4, -0.2) is 5.78 Å². The van der Waals surface area contributed by atoms with E-state index in [0.29, 0.717) is 11.7 Å². The van der Waals surface area contributed by atoms with Crippen molar-refractivity contribution in [2.24, 2.45) is 5.92 Å². The van der Waals surface area contributed by atoms with Crippen molar-refractivity contribution in [1.29, 1.82) is 0 Å². The molecule has 80 valence electrons. The first kappa shape index (κ1) is 11.5. The molecule has 0 aromatic heterocycles. The van der Waals surface area contributed by atoms with Crippen LogP contribution in [0, 0.1) is 5.92 Å². The summed E-state index contributed by atoms with van der Waals surface area (Å²) < 4.78 is 0. The molecule has 0 amide bonds. The van der Waals surface area contributed by atoms with Gasteiger partial charge in [-0.25, -0.2) is 0 Å². The molecule has 14 heavy (non-hydrogen) atoms. The molecule has 1 aliphatic carbocycles. The van der Waals surface area contributed by atoms with Crippen LogP contribution in [0.15, 0.2) is 12.7 Å². The number of allylic oxidation sites excluding steroid dienone is 1. The Morgan fingerprint density at radius 1 is 1.21 bits per heavy atom. The summed E-state index contributed by atoms with van der Waals surface area (Å²) in [7, 11) is 0. The summed E-state index contributed by atoms with van der Waals surface area (Å²) in [6, 6.07) is 0. The molecular formula is C13H22O. The van der Waals surface area contributed by atoms with Crippen molar-refractivity contribution in [2.45, 2.75) is 57.8 Å². The van der Waals surface area contributed by atoms with Gasteiger partial charge in [0.1, 0.15) is 5.78 Å². The van der Waals surface area contributed by atoms with Gasteiger partial charge < -0.3 is 0 Å². The van der Waals surface area contributed by atoms with Gasteiger partial charge in [0, 0.05) is 12.3 Å². The zero-order valence-electron chi connectivity index (χ0n) is 9.13. The molecule has 0 heterocycles. The van der Waals surface area contributed by atoms with Crippen LogP contribution in [-0.2, 0) is 4.79 Å². The predicted octanol–water partition coefficient (Wildman–Crippen LogP) is 3.88. The second kappa shape index (κ2) is 6.80. The molecule has 0 spiro atoms. The summed E-state index contributed by atoms with van der Waals surface area (Å²) in [6.07, 6.45) is 12.1. The molecule has 0 radical (unpaired) electrons. The van der Waals surface area contributed by atoms with Crippen molar-refractivity contribution in [3.05, 3.63) is 12.7 Å². The lowest BCUT2D eigenvalue weighted by Crippen LogP contribution is -2.13. The lowest BCUT2D eigenvalue weighted by atomic mass is 9.92. The molecule has 1 rings (SSSR count). The lowest BCUT2D eigenvalue weighted by molar-refractivity contribution is -0.123. The molecule has 0 aromatic carbocycles. The van der Waals surface area contributed by atoms with E-state index in [-0.39, 0.29) is 0 Å². The normalized spacial score (nSPS) is 18.9. The van der Waals surface area contributed by atoms with E-state index in [2.05, 4.69) is 6.58 Å². The average molecular weight is 194 g/mol. The molecule has 0 bridgehead atoms. The minimum atomic E-state index is 0.391. The first-order valence-electron chi connectivity index (χ1n) is 5.98. The quantitative estimate of drug-likeness (QED) is 0.369. The van der Waals surface area contributed by atoms with Gasteiger partial charge in [0.15, 0.2) is 0 Å². The number of ketones is 1. The zero-order chi connectivity index (χ0) is 10.2. The molecular weight excluding hydrogens is 172 g/mol. The fourth-order valence-electron chi connectivity index (χ4n) is 2.23. The number of carbonyl (C=O) groups is 1. The largest absolute Gasteiger partial charge is 0.299 e. The highest BCUT2D eigenvalue weighted by atomic mass is 16.1. The van der Waals surface area contributed by atoms with Crippen LogP contribution in [0.3, 0.4) is 0 Å². The fraction of sp³-hybridized carbons (Fsp3) is 0.769. The third-order valence-corrected chi connectivity index (χ3v) is 3.14. The van der Waals surface area contributed by atoms with E-state index >= 15 is 0 Å². The molecule has 0 N–H and O–H groups in total. The van der Waals surface area contributed by atoms with Gasteiger partial charge >= 0.3 is 0 Å². The topological polar surface area (TPSA) is 17.1 Å². The summed E-state index contributed by atoms with van der Waals surface area (Å²) in [5.41, 5.74) is 0. The number of hydrogen-bond acceptors (Lipinski definition) is 1. The third kappa shape index (κ3) is 4.08. The van der Waals surface area contributed by atoms with Crippen LogP contribution < -0.4 is 0 Å². The van der Waals surface area contributed by atoms with Crippen LogP contribution in [0.5, 0.6) is 0 Å². The zero-order valence-corrected chi connectivity index (χ0v) is 9.13. The Kier molecular flexibility index (Phi) is 5.58. The number of Topliss-reactive ketones (excluding diaryl/α,β-unsaturated/α-hetero) is 1. The molecule has 0 saturated heterocycles. The van der Waals surface area contributed by atoms with E-state index < -0.39 is 0 Å². The Balaban J connectivity index is 2.23. The van der Waals surface area contributed by atoms with Crippen molar-refractivity contribution in [1.82, 2.24) is 0 Å². The number of carbonyl (C=O) groups excluding carboxylic acids is 1. The van der Waals surface area contributed by atoms with Crippen LogP contribution >= 0.6 is 0 Å². The van der Waals surface area contributed by atoms with Gasteiger partial charge in [-0.05, 0) is 25.7 Å². The van der Waals surface area contributed by atoms with Crippen LogP contribution in [0.4, 0.5) is 0 Å². The predicted molar refractivity (Wildman–Crippen MR) is 60.2 cm³/mol. The number of hydrogen-bond donors (Lipinski definition) is 0. The van der Waals surface area contributed by atoms with Crippen LogP contribution in [0.1, 0.15) is 57.8 Å². The molecule has 1 heteroatoms. The second-order valence-corrected chi connectivity index (χ2v) is 4.34. The molecule has 1 nitrogen and oxygen atoms in total. The summed E-state index contributed by atoms with van der Waals surface area (Å²) in [5.74, 6) is 0.899. The van der Waals surface area contributed by atoms with Gasteiger partial charge in [-0.2, -0.15) is 0 Å². The second-order valence-electron chi connectivity index (χ2n) is 4.34. The Morgan fingerprint density at radius 2 is 1.86 bits per heavy atom. The third-order valence-electron chi connectivity index (χ3n) is 3.14. The Bertz CT molecular complexity index is 176. The average Bonchev–Trinajstić information content (AvgIpc) is 2.46. The monoisotopic (exact) mass is 194 g/mol. The van der Waals surface area contributed by atoms with E-state index in [0.717, 1.165) is 32.1 Å². The van der Waals surface area contributed by atoms with Gasteiger partial charge in [-0.3, -0.25) is 4.79 Å². The first-order chi connectivity index (χ1) is 6.84. The molecule has 1 aliphatic rings. The van der Waals surface area contributed by atoms with Crippen LogP contribution in [0.2, 0.25) is 0 Å². The van der Waals surface area contributed by atoms with E-state index in [1.54, 1.807) is 0 Å². The molecule has 1 fully saturated rings. The minimum Gasteiger partial charge on any atom is -0.299 e. The molecule has 0 aliphatic heterocycles. The maximum atomic E-state index is 11.8. The van der Waals surface area contributed by atoms with Crippen molar-refractivity contribution in [3.8, 4) is 0 Å². The van der Waals surface area contributed by atoms with Crippen molar-refractivity contribution in [2.75, 3.05) is 0 Å². The summed E-state index contributed by atoms with van der Waals surface area (Å²) in [6.45, 7) is 3.67. The highest BCUT2D eigenvalue weighted by Crippen LogP contribution is 2.24. The van der Waals surface area contributed by atoms with E-state index in [1.807, 2.05) is 6.08 Å². The highest BCUT2D eigenvalue weighted by Gasteiger charge is 2.18. The van der Waals surface area contributed by atoms with Gasteiger partial charge in [0.2, 0.25) is 0 Å². The molecule has 0 aromatic rings. The molecule has 0 atom stereocenters. The van der Waals surface area contributed by atoms with E-state index in [1.165, 1.54) is 25.7 Å². The maximum Gasteiger partial charge on any atom is 0.135 e. The highest BCUT2D eigenvalue weighted by molar-refractivity contribution is 5.80. The van der Waals surface area contributed by atoms with E-state index in [4.69, 9.17) is 0 Å². The Labute approximate surface area is 87.6 Å². The molecule has 0 unspecified atom stereocenters. The molecule has 1 saturated carbocycles. The fourth-order valence-corrected chi connectivity index (χ4v) is 2.23. The van der Waals surface area contributed by atoms with Crippen molar-refractivity contribution < 1.29 is 4.79 Å². The summed E-state index contributed by atoms with van der Waals surface area (Å²) in [5, 5.41) is 0. The maximum absolute atomic E-state index is 11.8. The lowest BCUT2D eigenvalue weighted by Gasteiger charge is -2.11. The van der Waals surface area contributed by atoms with Crippen molar-refractivity contribution >= 4 is 5.78 Å². The minimum absolute atomic E-state index is 0.391. The first-order valence-corrected chi connectivity index (χ1v) is 5.98. The van der Waals surface area contributed by atoms with Gasteiger partial charge in [-0.15, -0.1) is 6.58 Å². The number of rotatable bonds is 5. The standard InChI is InChI=1S/C13H22O/c1-2-3-6-11-13(14)12-9-7-4-5-8-10-12/h2,12H,1,3-11H2. The SMILES string of the molecule is C=CCCCC(=O)C1CCCCCC1. The number of unbranched alkanes of at least 4 members (excludes halogenated alkanes) is 1. The smallest absolute Gasteiger partial charge is 0.135 e. The van der Waals surface area contributed by atoms with Gasteiger partial charge in [0.25, 0.3) is 0 Å². The van der Waals surface area contributed by atoms with Crippen LogP contribution in [0.25, 0.3) is 0 Å². The van der Waals surface area contributed by atoms with E-state index in [9.17, 15) is 4.79 Å². The summed E-state index contributed by atoms with van der Waals surface area (Å²) in [4.78, 5) is 11.8. The Hall–Kier alpha value is -0.590. The summed E-state index contributed by atoms with van der Waals surface area (Å²) >= 11 is 0. The van der Waals surface area contributed by atoms with Gasteiger partial charge in [0.05, 0.1) is 0 Å². The Morgan fingerprint density at radius 3 is 2.43 bits per heavy atom. The van der Waals surface area contributed by atoms with Gasteiger partial charge in [-0.1, -0.05) is 31.8 Å².